The van der Waals surface area contributed by atoms with E-state index in [4.69, 9.17) is 14.2 Å². The Morgan fingerprint density at radius 1 is 1.23 bits per heavy atom. The van der Waals surface area contributed by atoms with E-state index in [0.717, 1.165) is 16.9 Å². The third kappa shape index (κ3) is 2.99. The van der Waals surface area contributed by atoms with Gasteiger partial charge < -0.3 is 14.2 Å². The van der Waals surface area contributed by atoms with Gasteiger partial charge in [0.05, 0.1) is 25.0 Å². The molecule has 158 valence electrons. The minimum absolute atomic E-state index is 0.110. The fourth-order valence-corrected chi connectivity index (χ4v) is 5.39. The number of fused-ring (bicyclic) bond motifs is 2. The van der Waals surface area contributed by atoms with Crippen molar-refractivity contribution in [2.45, 2.75) is 51.7 Å². The molecular formula is C25H28O5. The van der Waals surface area contributed by atoms with Crippen molar-refractivity contribution < 1.29 is 23.8 Å². The maximum absolute atomic E-state index is 13.9. The van der Waals surface area contributed by atoms with E-state index >= 15 is 0 Å². The number of rotatable bonds is 4. The largest absolute Gasteiger partial charge is 0.501 e. The molecular weight excluding hydrogens is 380 g/mol. The summed E-state index contributed by atoms with van der Waals surface area (Å²) in [5.41, 5.74) is 0.536. The molecule has 2 aliphatic carbocycles. The first kappa shape index (κ1) is 20.5. The third-order valence-corrected chi connectivity index (χ3v) is 6.98. The number of Topliss-reactive ketones (excluding diaryl/α,β-unsaturated/α-hetero) is 1. The molecule has 3 aliphatic rings. The SMILES string of the molecule is COC1=C(C)C2(OC(=O)C=Cc3ccccc3)C(=O)C3C(C)=COC3CC2(C)CC1. The molecule has 0 radical (unpaired) electrons. The summed E-state index contributed by atoms with van der Waals surface area (Å²) in [7, 11) is 1.60. The van der Waals surface area contributed by atoms with Gasteiger partial charge in [-0.2, -0.15) is 0 Å². The fourth-order valence-electron chi connectivity index (χ4n) is 5.39. The lowest BCUT2D eigenvalue weighted by atomic mass is 9.52. The molecule has 1 saturated carbocycles. The van der Waals surface area contributed by atoms with Crippen LogP contribution in [0.25, 0.3) is 6.08 Å². The van der Waals surface area contributed by atoms with E-state index in [1.807, 2.05) is 51.1 Å². The normalized spacial score (nSPS) is 32.9. The van der Waals surface area contributed by atoms with Crippen LogP contribution in [0.15, 0.2) is 59.6 Å². The predicted octanol–water partition coefficient (Wildman–Crippen LogP) is 4.59. The maximum Gasteiger partial charge on any atom is 0.332 e. The van der Waals surface area contributed by atoms with Crippen LogP contribution in [-0.2, 0) is 23.8 Å². The average Bonchev–Trinajstić information content (AvgIpc) is 3.09. The summed E-state index contributed by atoms with van der Waals surface area (Å²) in [4.78, 5) is 26.9. The number of carbonyl (C=O) groups is 2. The summed E-state index contributed by atoms with van der Waals surface area (Å²) in [6.45, 7) is 5.79. The molecule has 5 nitrogen and oxygen atoms in total. The Labute approximate surface area is 177 Å². The summed E-state index contributed by atoms with van der Waals surface area (Å²) in [6, 6.07) is 9.53. The van der Waals surface area contributed by atoms with Gasteiger partial charge >= 0.3 is 5.97 Å². The number of benzene rings is 1. The van der Waals surface area contributed by atoms with Crippen LogP contribution < -0.4 is 0 Å². The Morgan fingerprint density at radius 2 is 1.97 bits per heavy atom. The molecule has 1 aliphatic heterocycles. The summed E-state index contributed by atoms with van der Waals surface area (Å²) in [5, 5.41) is 0. The molecule has 1 heterocycles. The predicted molar refractivity (Wildman–Crippen MR) is 113 cm³/mol. The molecule has 1 fully saturated rings. The lowest BCUT2D eigenvalue weighted by Gasteiger charge is -2.55. The molecule has 1 aromatic carbocycles. The van der Waals surface area contributed by atoms with Gasteiger partial charge in [0.2, 0.25) is 5.60 Å². The molecule has 0 aromatic heterocycles. The van der Waals surface area contributed by atoms with Gasteiger partial charge in [-0.05, 0) is 43.9 Å². The molecule has 5 heteroatoms. The van der Waals surface area contributed by atoms with Crippen LogP contribution in [0.2, 0.25) is 0 Å². The van der Waals surface area contributed by atoms with Crippen LogP contribution in [0, 0.1) is 11.3 Å². The van der Waals surface area contributed by atoms with E-state index in [0.29, 0.717) is 24.8 Å². The van der Waals surface area contributed by atoms with Gasteiger partial charge in [0.1, 0.15) is 6.10 Å². The second-order valence-corrected chi connectivity index (χ2v) is 8.74. The number of allylic oxidation sites excluding steroid dienone is 1. The van der Waals surface area contributed by atoms with Gasteiger partial charge in [0, 0.05) is 23.5 Å². The van der Waals surface area contributed by atoms with Gasteiger partial charge in [0.25, 0.3) is 0 Å². The third-order valence-electron chi connectivity index (χ3n) is 6.98. The van der Waals surface area contributed by atoms with Crippen LogP contribution in [-0.4, -0.2) is 30.6 Å². The van der Waals surface area contributed by atoms with Crippen molar-refractivity contribution in [1.29, 1.82) is 0 Å². The van der Waals surface area contributed by atoms with Gasteiger partial charge in [0.15, 0.2) is 5.78 Å². The van der Waals surface area contributed by atoms with Crippen LogP contribution >= 0.6 is 0 Å². The Bertz CT molecular complexity index is 957. The van der Waals surface area contributed by atoms with E-state index in [9.17, 15) is 9.59 Å². The second kappa shape index (κ2) is 7.46. The van der Waals surface area contributed by atoms with Gasteiger partial charge in [-0.25, -0.2) is 4.79 Å². The van der Waals surface area contributed by atoms with Crippen molar-refractivity contribution >= 4 is 17.8 Å². The van der Waals surface area contributed by atoms with Crippen LogP contribution in [0.5, 0.6) is 0 Å². The smallest absolute Gasteiger partial charge is 0.332 e. The van der Waals surface area contributed by atoms with Gasteiger partial charge in [-0.1, -0.05) is 37.3 Å². The van der Waals surface area contributed by atoms with Gasteiger partial charge in [-0.15, -0.1) is 0 Å². The van der Waals surface area contributed by atoms with E-state index in [-0.39, 0.29) is 11.9 Å². The summed E-state index contributed by atoms with van der Waals surface area (Å²) in [6.07, 6.45) is 6.60. The first-order valence-electron chi connectivity index (χ1n) is 10.4. The van der Waals surface area contributed by atoms with E-state index < -0.39 is 22.9 Å². The highest BCUT2D eigenvalue weighted by molar-refractivity contribution is 6.00. The highest BCUT2D eigenvalue weighted by Crippen LogP contribution is 2.59. The van der Waals surface area contributed by atoms with Gasteiger partial charge in [-0.3, -0.25) is 4.79 Å². The molecule has 0 amide bonds. The number of hydrogen-bond donors (Lipinski definition) is 0. The molecule has 0 saturated heterocycles. The van der Waals surface area contributed by atoms with Crippen molar-refractivity contribution in [3.8, 4) is 0 Å². The molecule has 4 atom stereocenters. The first-order chi connectivity index (χ1) is 14.3. The highest BCUT2D eigenvalue weighted by Gasteiger charge is 2.67. The number of ether oxygens (including phenoxy) is 3. The lowest BCUT2D eigenvalue weighted by molar-refractivity contribution is -0.189. The van der Waals surface area contributed by atoms with Crippen molar-refractivity contribution in [2.75, 3.05) is 7.11 Å². The van der Waals surface area contributed by atoms with E-state index in [2.05, 4.69) is 0 Å². The lowest BCUT2D eigenvalue weighted by Crippen LogP contribution is -2.65. The Kier molecular flexibility index (Phi) is 5.08. The van der Waals surface area contributed by atoms with E-state index in [1.165, 1.54) is 6.08 Å². The Balaban J connectivity index is 1.75. The molecule has 1 aromatic rings. The van der Waals surface area contributed by atoms with Crippen molar-refractivity contribution in [3.05, 3.63) is 65.1 Å². The second-order valence-electron chi connectivity index (χ2n) is 8.74. The van der Waals surface area contributed by atoms with Crippen LogP contribution in [0.4, 0.5) is 0 Å². The molecule has 4 unspecified atom stereocenters. The topological polar surface area (TPSA) is 61.8 Å². The minimum atomic E-state index is -1.36. The molecule has 0 N–H and O–H groups in total. The van der Waals surface area contributed by atoms with Crippen LogP contribution in [0.3, 0.4) is 0 Å². The van der Waals surface area contributed by atoms with Crippen LogP contribution in [0.1, 0.15) is 45.6 Å². The zero-order valence-corrected chi connectivity index (χ0v) is 17.9. The molecule has 0 bridgehead atoms. The zero-order chi connectivity index (χ0) is 21.5. The van der Waals surface area contributed by atoms with Crippen molar-refractivity contribution in [2.24, 2.45) is 11.3 Å². The Morgan fingerprint density at radius 3 is 2.67 bits per heavy atom. The molecule has 4 rings (SSSR count). The standard InChI is InChI=1S/C25H28O5/c1-16-15-29-20-14-24(3)13-12-19(28-4)17(2)25(24,23(27)22(16)20)30-21(26)11-10-18-8-6-5-7-9-18/h5-11,15,20,22H,12-14H2,1-4H3. The summed E-state index contributed by atoms with van der Waals surface area (Å²) >= 11 is 0. The first-order valence-corrected chi connectivity index (χ1v) is 10.4. The number of carbonyl (C=O) groups excluding carboxylic acids is 2. The van der Waals surface area contributed by atoms with Crippen molar-refractivity contribution in [1.82, 2.24) is 0 Å². The summed E-state index contributed by atoms with van der Waals surface area (Å²) in [5.74, 6) is -0.329. The van der Waals surface area contributed by atoms with E-state index in [1.54, 1.807) is 19.4 Å². The number of hydrogen-bond acceptors (Lipinski definition) is 5. The monoisotopic (exact) mass is 408 g/mol. The maximum atomic E-state index is 13.9. The number of ketones is 1. The van der Waals surface area contributed by atoms with Crippen molar-refractivity contribution in [3.63, 3.8) is 0 Å². The number of esters is 1. The summed E-state index contributed by atoms with van der Waals surface area (Å²) < 4.78 is 17.5. The molecule has 0 spiro atoms. The average molecular weight is 408 g/mol. The highest BCUT2D eigenvalue weighted by atomic mass is 16.6. The number of methoxy groups -OCH3 is 1. The fraction of sp³-hybridized carbons (Fsp3) is 0.440. The Hall–Kier alpha value is -2.82. The minimum Gasteiger partial charge on any atom is -0.501 e. The molecule has 30 heavy (non-hydrogen) atoms. The quantitative estimate of drug-likeness (QED) is 0.538. The zero-order valence-electron chi connectivity index (χ0n) is 17.9.